The average Bonchev–Trinajstić information content (AvgIpc) is 2.19. The molecule has 17 heavy (non-hydrogen) atoms. The molecule has 0 spiro atoms. The second kappa shape index (κ2) is 10.7. The van der Waals surface area contributed by atoms with Crippen LogP contribution in [0.5, 0.6) is 0 Å². The van der Waals surface area contributed by atoms with E-state index in [4.69, 9.17) is 5.39 Å². The number of benzene rings is 1. The topological polar surface area (TPSA) is 51.6 Å². The van der Waals surface area contributed by atoms with E-state index in [0.29, 0.717) is 5.69 Å². The summed E-state index contributed by atoms with van der Waals surface area (Å²) in [7, 11) is 0. The minimum atomic E-state index is -0.517. The van der Waals surface area contributed by atoms with Crippen molar-refractivity contribution in [3.05, 3.63) is 29.2 Å². The van der Waals surface area contributed by atoms with Gasteiger partial charge in [0.25, 0.3) is 0 Å². The molecule has 0 aliphatic heterocycles. The van der Waals surface area contributed by atoms with Gasteiger partial charge in [0.2, 0.25) is 5.39 Å². The summed E-state index contributed by atoms with van der Waals surface area (Å²) in [6.45, 7) is 4.41. The zero-order chi connectivity index (χ0) is 10.6. The summed E-state index contributed by atoms with van der Waals surface area (Å²) >= 11 is 0. The van der Waals surface area contributed by atoms with Crippen molar-refractivity contribution in [2.24, 2.45) is 0 Å². The third kappa shape index (κ3) is 6.19. The first-order chi connectivity index (χ1) is 6.69. The Bertz CT molecular complexity index is 340. The average molecular weight is 330 g/mol. The monoisotopic (exact) mass is 327 g/mol. The summed E-state index contributed by atoms with van der Waals surface area (Å²) in [5, 5.41) is 17.9. The molecular formula is C10H15Cl2N3OZn. The van der Waals surface area contributed by atoms with Crippen LogP contribution in [0.25, 0.3) is 4.98 Å². The number of hydrogen-bond donors (Lipinski definition) is 1. The van der Waals surface area contributed by atoms with Crippen LogP contribution in [0.1, 0.15) is 13.8 Å². The van der Waals surface area contributed by atoms with Crippen LogP contribution >= 0.6 is 12.4 Å². The largest absolute Gasteiger partial charge is 1.00 e. The molecule has 7 heteroatoms. The Hall–Kier alpha value is -0.397. The first-order valence-corrected chi connectivity index (χ1v) is 4.59. The van der Waals surface area contributed by atoms with E-state index in [-0.39, 0.29) is 44.3 Å². The first-order valence-electron chi connectivity index (χ1n) is 4.59. The zero-order valence-electron chi connectivity index (χ0n) is 9.88. The molecule has 92 valence electrons. The van der Waals surface area contributed by atoms with Gasteiger partial charge in [-0.05, 0) is 26.0 Å². The molecule has 0 heterocycles. The summed E-state index contributed by atoms with van der Waals surface area (Å²) < 4.78 is 0. The number of rotatable bonds is 3. The SMILES string of the molecule is CCN(c1ccc([N+]#N)cc1)C(C)O.Cl.[Cl-].[Zn]. The van der Waals surface area contributed by atoms with Crippen molar-refractivity contribution < 1.29 is 37.0 Å². The van der Waals surface area contributed by atoms with Crippen LogP contribution in [0.4, 0.5) is 11.4 Å². The van der Waals surface area contributed by atoms with Crippen LogP contribution in [0, 0.1) is 5.39 Å². The van der Waals surface area contributed by atoms with E-state index in [0.717, 1.165) is 12.2 Å². The van der Waals surface area contributed by atoms with Gasteiger partial charge < -0.3 is 22.4 Å². The fourth-order valence-corrected chi connectivity index (χ4v) is 1.37. The van der Waals surface area contributed by atoms with E-state index in [1.807, 2.05) is 24.0 Å². The normalized spacial score (nSPS) is 9.76. The van der Waals surface area contributed by atoms with Crippen LogP contribution < -0.4 is 17.3 Å². The van der Waals surface area contributed by atoms with E-state index in [2.05, 4.69) is 4.98 Å². The van der Waals surface area contributed by atoms with Crippen molar-refractivity contribution in [3.8, 4) is 0 Å². The maximum Gasteiger partial charge on any atom is 0.385 e. The van der Waals surface area contributed by atoms with Gasteiger partial charge in [-0.25, -0.2) is 0 Å². The molecule has 0 aliphatic rings. The minimum Gasteiger partial charge on any atom is -1.00 e. The molecule has 0 bridgehead atoms. The second-order valence-electron chi connectivity index (χ2n) is 3.03. The van der Waals surface area contributed by atoms with Crippen molar-refractivity contribution >= 4 is 23.8 Å². The molecule has 0 aromatic heterocycles. The van der Waals surface area contributed by atoms with E-state index in [1.54, 1.807) is 19.1 Å². The summed E-state index contributed by atoms with van der Waals surface area (Å²) in [5.74, 6) is 0. The summed E-state index contributed by atoms with van der Waals surface area (Å²) in [4.78, 5) is 4.90. The molecular weight excluding hydrogens is 314 g/mol. The van der Waals surface area contributed by atoms with Gasteiger partial charge in [0.1, 0.15) is 6.23 Å². The third-order valence-electron chi connectivity index (χ3n) is 2.09. The fourth-order valence-electron chi connectivity index (χ4n) is 1.37. The Kier molecular flexibility index (Phi) is 13.8. The van der Waals surface area contributed by atoms with Gasteiger partial charge >= 0.3 is 5.69 Å². The number of aliphatic hydroxyl groups is 1. The molecule has 0 fully saturated rings. The van der Waals surface area contributed by atoms with Crippen LogP contribution in [0.3, 0.4) is 0 Å². The van der Waals surface area contributed by atoms with Gasteiger partial charge in [-0.15, -0.1) is 12.4 Å². The van der Waals surface area contributed by atoms with Gasteiger partial charge in [0.05, 0.1) is 0 Å². The molecule has 0 saturated carbocycles. The van der Waals surface area contributed by atoms with Crippen LogP contribution in [-0.2, 0) is 19.5 Å². The Balaban J connectivity index is -0.000000653. The Morgan fingerprint density at radius 3 is 2.12 bits per heavy atom. The summed E-state index contributed by atoms with van der Waals surface area (Å²) in [6.07, 6.45) is -0.517. The van der Waals surface area contributed by atoms with E-state index in [1.165, 1.54) is 0 Å². The molecule has 1 rings (SSSR count). The van der Waals surface area contributed by atoms with Gasteiger partial charge in [-0.1, -0.05) is 0 Å². The van der Waals surface area contributed by atoms with E-state index in [9.17, 15) is 5.11 Å². The van der Waals surface area contributed by atoms with Crippen LogP contribution in [0.15, 0.2) is 24.3 Å². The molecule has 1 aromatic carbocycles. The number of diazo groups is 1. The smallest absolute Gasteiger partial charge is 0.385 e. The molecule has 0 amide bonds. The third-order valence-corrected chi connectivity index (χ3v) is 2.09. The second-order valence-corrected chi connectivity index (χ2v) is 3.03. The number of aliphatic hydroxyl groups excluding tert-OH is 1. The van der Waals surface area contributed by atoms with E-state index >= 15 is 0 Å². The Labute approximate surface area is 127 Å². The summed E-state index contributed by atoms with van der Waals surface area (Å²) in [6, 6.07) is 7.01. The standard InChI is InChI=1S/C10H14N3O.2ClH.Zn/c1-3-13(8(2)14)10-6-4-9(12-11)5-7-10;;;/h4-8,14H,3H2,1-2H3;2*1H;/q+1;;;/p-1. The van der Waals surface area contributed by atoms with Crippen molar-refractivity contribution in [3.63, 3.8) is 0 Å². The van der Waals surface area contributed by atoms with Gasteiger partial charge in [-0.3, -0.25) is 0 Å². The number of hydrogen-bond acceptors (Lipinski definition) is 3. The Morgan fingerprint density at radius 2 is 1.82 bits per heavy atom. The fraction of sp³-hybridized carbons (Fsp3) is 0.400. The van der Waals surface area contributed by atoms with Crippen molar-refractivity contribution in [2.45, 2.75) is 20.1 Å². The zero-order valence-corrected chi connectivity index (χ0v) is 14.4. The van der Waals surface area contributed by atoms with Gasteiger partial charge in [0.15, 0.2) is 4.98 Å². The quantitative estimate of drug-likeness (QED) is 0.473. The Morgan fingerprint density at radius 1 is 1.35 bits per heavy atom. The van der Waals surface area contributed by atoms with Gasteiger partial charge in [-0.2, -0.15) is 0 Å². The van der Waals surface area contributed by atoms with Crippen molar-refractivity contribution in [2.75, 3.05) is 11.4 Å². The van der Waals surface area contributed by atoms with Crippen LogP contribution in [0.2, 0.25) is 0 Å². The molecule has 1 unspecified atom stereocenters. The van der Waals surface area contributed by atoms with Crippen LogP contribution in [-0.4, -0.2) is 17.9 Å². The maximum atomic E-state index is 9.45. The van der Waals surface area contributed by atoms with Crippen molar-refractivity contribution in [1.29, 1.82) is 5.39 Å². The summed E-state index contributed by atoms with van der Waals surface area (Å²) in [5.41, 5.74) is 1.42. The number of halogens is 2. The predicted octanol–water partition coefficient (Wildman–Crippen LogP) is -0.241. The molecule has 0 radical (unpaired) electrons. The number of anilines is 1. The molecule has 1 atom stereocenters. The first kappa shape index (κ1) is 21.8. The predicted molar refractivity (Wildman–Crippen MR) is 63.1 cm³/mol. The molecule has 0 saturated heterocycles. The number of nitrogens with zero attached hydrogens (tertiary/aromatic N) is 3. The van der Waals surface area contributed by atoms with E-state index < -0.39 is 6.23 Å². The van der Waals surface area contributed by atoms with Gasteiger partial charge in [0, 0.05) is 43.8 Å². The maximum absolute atomic E-state index is 9.45. The molecule has 1 aromatic rings. The molecule has 4 nitrogen and oxygen atoms in total. The minimum absolute atomic E-state index is 0. The van der Waals surface area contributed by atoms with Crippen molar-refractivity contribution in [1.82, 2.24) is 0 Å². The molecule has 1 N–H and O–H groups in total. The molecule has 0 aliphatic carbocycles.